The number of anilines is 1. The van der Waals surface area contributed by atoms with Crippen molar-refractivity contribution in [2.45, 2.75) is 26.0 Å². The van der Waals surface area contributed by atoms with Crippen molar-refractivity contribution < 1.29 is 14.3 Å². The smallest absolute Gasteiger partial charge is 0.337 e. The van der Waals surface area contributed by atoms with Crippen molar-refractivity contribution in [2.24, 2.45) is 4.99 Å². The van der Waals surface area contributed by atoms with E-state index in [1.807, 2.05) is 43.3 Å². The largest absolute Gasteiger partial charge is 0.463 e. The second-order valence-electron chi connectivity index (χ2n) is 5.80. The van der Waals surface area contributed by atoms with Crippen LogP contribution in [0.2, 0.25) is 0 Å². The lowest BCUT2D eigenvalue weighted by atomic mass is 10.0. The third-order valence-corrected chi connectivity index (χ3v) is 4.80. The van der Waals surface area contributed by atoms with Crippen LogP contribution >= 0.6 is 11.8 Å². The van der Waals surface area contributed by atoms with Gasteiger partial charge in [0.2, 0.25) is 5.91 Å². The molecule has 1 aliphatic rings. The molecule has 1 unspecified atom stereocenters. The molecule has 0 radical (unpaired) electrons. The lowest BCUT2D eigenvalue weighted by molar-refractivity contribution is -0.138. The van der Waals surface area contributed by atoms with Gasteiger partial charge in [-0.15, -0.1) is 0 Å². The van der Waals surface area contributed by atoms with Gasteiger partial charge in [0.1, 0.15) is 0 Å². The van der Waals surface area contributed by atoms with E-state index < -0.39 is 0 Å². The predicted molar refractivity (Wildman–Crippen MR) is 102 cm³/mol. The van der Waals surface area contributed by atoms with E-state index in [1.54, 1.807) is 13.8 Å². The molecule has 0 fully saturated rings. The van der Waals surface area contributed by atoms with Crippen molar-refractivity contribution in [2.75, 3.05) is 25.6 Å². The molecule has 0 saturated carbocycles. The van der Waals surface area contributed by atoms with E-state index in [-0.39, 0.29) is 17.1 Å². The van der Waals surface area contributed by atoms with Gasteiger partial charge in [0.05, 0.1) is 23.1 Å². The fourth-order valence-corrected chi connectivity index (χ4v) is 3.75. The Labute approximate surface area is 152 Å². The second kappa shape index (κ2) is 8.20. The number of nitrogens with one attached hydrogen (secondary N) is 1. The highest BCUT2D eigenvalue weighted by molar-refractivity contribution is 8.14. The minimum Gasteiger partial charge on any atom is -0.463 e. The van der Waals surface area contributed by atoms with Crippen molar-refractivity contribution >= 4 is 34.5 Å². The van der Waals surface area contributed by atoms with Crippen LogP contribution in [0.15, 0.2) is 40.5 Å². The molecule has 1 aromatic carbocycles. The Kier molecular flexibility index (Phi) is 6.25. The first-order valence-corrected chi connectivity index (χ1v) is 8.89. The predicted octanol–water partition coefficient (Wildman–Crippen LogP) is 2.87. The molecule has 6 nitrogen and oxygen atoms in total. The summed E-state index contributed by atoms with van der Waals surface area (Å²) in [6, 6.07) is 7.96. The number of allylic oxidation sites excluding steroid dienone is 1. The van der Waals surface area contributed by atoms with Gasteiger partial charge in [-0.25, -0.2) is 9.79 Å². The molecule has 1 N–H and O–H groups in total. The Morgan fingerprint density at radius 3 is 2.44 bits per heavy atom. The quantitative estimate of drug-likeness (QED) is 0.835. The van der Waals surface area contributed by atoms with Gasteiger partial charge in [0, 0.05) is 26.7 Å². The zero-order valence-electron chi connectivity index (χ0n) is 15.1. The first kappa shape index (κ1) is 19.1. The Morgan fingerprint density at radius 2 is 1.92 bits per heavy atom. The number of benzene rings is 1. The molecule has 134 valence electrons. The SMILES string of the molecule is CCOC(=O)C1=C(C)N=C(NC(C)=O)SC1c1ccc(N(C)C)cc1. The van der Waals surface area contributed by atoms with Crippen LogP contribution in [0.25, 0.3) is 0 Å². The molecule has 0 bridgehead atoms. The maximum absolute atomic E-state index is 12.4. The van der Waals surface area contributed by atoms with E-state index >= 15 is 0 Å². The van der Waals surface area contributed by atoms with Crippen LogP contribution in [0, 0.1) is 0 Å². The van der Waals surface area contributed by atoms with Gasteiger partial charge in [0.25, 0.3) is 0 Å². The lowest BCUT2D eigenvalue weighted by Crippen LogP contribution is -2.30. The Balaban J connectivity index is 2.43. The van der Waals surface area contributed by atoms with Crippen molar-refractivity contribution in [3.63, 3.8) is 0 Å². The van der Waals surface area contributed by atoms with Gasteiger partial charge in [-0.1, -0.05) is 23.9 Å². The fraction of sp³-hybridized carbons (Fsp3) is 0.389. The van der Waals surface area contributed by atoms with Crippen molar-refractivity contribution in [3.05, 3.63) is 41.1 Å². The average Bonchev–Trinajstić information content (AvgIpc) is 2.53. The van der Waals surface area contributed by atoms with Crippen LogP contribution in [0.3, 0.4) is 0 Å². The third kappa shape index (κ3) is 4.63. The summed E-state index contributed by atoms with van der Waals surface area (Å²) in [5, 5.41) is 2.92. The number of hydrogen-bond acceptors (Lipinski definition) is 6. The minimum absolute atomic E-state index is 0.194. The number of carbonyl (C=O) groups excluding carboxylic acids is 2. The van der Waals surface area contributed by atoms with Gasteiger partial charge >= 0.3 is 5.97 Å². The number of thioether (sulfide) groups is 1. The van der Waals surface area contributed by atoms with Gasteiger partial charge in [-0.3, -0.25) is 4.79 Å². The summed E-state index contributed by atoms with van der Waals surface area (Å²) >= 11 is 1.34. The van der Waals surface area contributed by atoms with Gasteiger partial charge in [-0.2, -0.15) is 0 Å². The molecule has 0 spiro atoms. The molecule has 7 heteroatoms. The number of aliphatic imine (C=N–C) groups is 1. The molecular weight excluding hydrogens is 338 g/mol. The van der Waals surface area contributed by atoms with E-state index in [9.17, 15) is 9.59 Å². The second-order valence-corrected chi connectivity index (χ2v) is 6.90. The number of amides is 1. The van der Waals surface area contributed by atoms with Crippen LogP contribution in [0.5, 0.6) is 0 Å². The third-order valence-electron chi connectivity index (χ3n) is 3.64. The van der Waals surface area contributed by atoms with Crippen LogP contribution in [0.1, 0.15) is 31.6 Å². The number of nitrogens with zero attached hydrogens (tertiary/aromatic N) is 2. The summed E-state index contributed by atoms with van der Waals surface area (Å²) in [5.41, 5.74) is 3.09. The molecular formula is C18H23N3O3S. The monoisotopic (exact) mass is 361 g/mol. The fourth-order valence-electron chi connectivity index (χ4n) is 2.45. The summed E-state index contributed by atoms with van der Waals surface area (Å²) in [6.45, 7) is 5.27. The number of hydrogen-bond donors (Lipinski definition) is 1. The molecule has 0 saturated heterocycles. The van der Waals surface area contributed by atoms with E-state index in [0.29, 0.717) is 23.0 Å². The van der Waals surface area contributed by atoms with E-state index in [0.717, 1.165) is 11.3 Å². The van der Waals surface area contributed by atoms with Crippen LogP contribution in [-0.4, -0.2) is 37.7 Å². The van der Waals surface area contributed by atoms with Gasteiger partial charge < -0.3 is 15.0 Å². The molecule has 1 atom stereocenters. The number of rotatable bonds is 4. The van der Waals surface area contributed by atoms with Gasteiger partial charge in [0.15, 0.2) is 5.17 Å². The summed E-state index contributed by atoms with van der Waals surface area (Å²) in [4.78, 5) is 30.2. The first-order chi connectivity index (χ1) is 11.8. The molecule has 1 heterocycles. The minimum atomic E-state index is -0.375. The first-order valence-electron chi connectivity index (χ1n) is 8.01. The Morgan fingerprint density at radius 1 is 1.28 bits per heavy atom. The van der Waals surface area contributed by atoms with Crippen LogP contribution < -0.4 is 10.2 Å². The summed E-state index contributed by atoms with van der Waals surface area (Å²) < 4.78 is 5.21. The molecule has 1 amide bonds. The number of esters is 1. The molecule has 0 aromatic heterocycles. The zero-order valence-corrected chi connectivity index (χ0v) is 15.9. The average molecular weight is 361 g/mol. The highest BCUT2D eigenvalue weighted by atomic mass is 32.2. The number of carbonyl (C=O) groups is 2. The van der Waals surface area contributed by atoms with Crippen LogP contribution in [0.4, 0.5) is 5.69 Å². The van der Waals surface area contributed by atoms with Crippen molar-refractivity contribution in [3.8, 4) is 0 Å². The Hall–Kier alpha value is -2.28. The molecule has 1 aliphatic heterocycles. The van der Waals surface area contributed by atoms with E-state index in [4.69, 9.17) is 4.74 Å². The van der Waals surface area contributed by atoms with Crippen LogP contribution in [-0.2, 0) is 14.3 Å². The van der Waals surface area contributed by atoms with Crippen molar-refractivity contribution in [1.82, 2.24) is 5.32 Å². The van der Waals surface area contributed by atoms with E-state index in [1.165, 1.54) is 18.7 Å². The highest BCUT2D eigenvalue weighted by Gasteiger charge is 2.32. The summed E-state index contributed by atoms with van der Waals surface area (Å²) in [6.07, 6.45) is 0. The highest BCUT2D eigenvalue weighted by Crippen LogP contribution is 2.42. The maximum atomic E-state index is 12.4. The van der Waals surface area contributed by atoms with Gasteiger partial charge in [-0.05, 0) is 31.5 Å². The lowest BCUT2D eigenvalue weighted by Gasteiger charge is -2.25. The molecule has 0 aliphatic carbocycles. The van der Waals surface area contributed by atoms with Crippen molar-refractivity contribution in [1.29, 1.82) is 0 Å². The Bertz CT molecular complexity index is 724. The standard InChI is InChI=1S/C18H23N3O3S/c1-6-24-17(23)15-11(2)19-18(20-12(3)22)25-16(15)13-7-9-14(10-8-13)21(4)5/h7-10,16H,6H2,1-5H3,(H,19,20,22). The molecule has 1 aromatic rings. The summed E-state index contributed by atoms with van der Waals surface area (Å²) in [7, 11) is 3.94. The summed E-state index contributed by atoms with van der Waals surface area (Å²) in [5.74, 6) is -0.569. The van der Waals surface area contributed by atoms with E-state index in [2.05, 4.69) is 10.3 Å². The molecule has 2 rings (SSSR count). The number of ether oxygens (including phenoxy) is 1. The zero-order chi connectivity index (χ0) is 18.6. The molecule has 25 heavy (non-hydrogen) atoms. The number of amidine groups is 1. The topological polar surface area (TPSA) is 71.0 Å². The maximum Gasteiger partial charge on any atom is 0.337 e. The normalized spacial score (nSPS) is 17.0.